The second-order valence-corrected chi connectivity index (χ2v) is 8.40. The Morgan fingerprint density at radius 1 is 1.06 bits per heavy atom. The first-order valence-corrected chi connectivity index (χ1v) is 11.2. The standard InChI is InChI=1S/C25H28N2O4/c1-3-30-20-13-15-11-12-27-23(19(15)14-21(20)31-4-2)22(24(28)26-16-9-10-16)17-7-5-6-8-18(17)25(27)29/h5-8,13-14,16,22-23H,3-4,9-12H2,1-2H3,(H,26,28)/t22-,23-/m1/s1. The van der Waals surface area contributed by atoms with E-state index in [2.05, 4.69) is 5.32 Å². The first kappa shape index (κ1) is 19.9. The Balaban J connectivity index is 1.65. The third-order valence-electron chi connectivity index (χ3n) is 6.39. The average Bonchev–Trinajstić information content (AvgIpc) is 3.58. The van der Waals surface area contributed by atoms with Gasteiger partial charge in [0.25, 0.3) is 5.91 Å². The Kier molecular flexibility index (Phi) is 5.08. The van der Waals surface area contributed by atoms with Gasteiger partial charge in [-0.05, 0) is 68.0 Å². The van der Waals surface area contributed by atoms with Crippen LogP contribution in [0.5, 0.6) is 11.5 Å². The van der Waals surface area contributed by atoms with Crippen LogP contribution in [-0.4, -0.2) is 42.5 Å². The fraction of sp³-hybridized carbons (Fsp3) is 0.440. The fourth-order valence-electron chi connectivity index (χ4n) is 4.87. The molecule has 2 heterocycles. The minimum Gasteiger partial charge on any atom is -0.490 e. The number of fused-ring (bicyclic) bond motifs is 4. The highest BCUT2D eigenvalue weighted by molar-refractivity contribution is 6.01. The second-order valence-electron chi connectivity index (χ2n) is 8.40. The van der Waals surface area contributed by atoms with Gasteiger partial charge in [0.1, 0.15) is 0 Å². The summed E-state index contributed by atoms with van der Waals surface area (Å²) in [6, 6.07) is 11.5. The van der Waals surface area contributed by atoms with E-state index >= 15 is 0 Å². The van der Waals surface area contributed by atoms with Crippen molar-refractivity contribution in [2.24, 2.45) is 0 Å². The van der Waals surface area contributed by atoms with Crippen molar-refractivity contribution in [1.29, 1.82) is 0 Å². The molecule has 1 N–H and O–H groups in total. The van der Waals surface area contributed by atoms with Crippen LogP contribution in [0.3, 0.4) is 0 Å². The summed E-state index contributed by atoms with van der Waals surface area (Å²) in [6.45, 7) is 5.53. The zero-order chi connectivity index (χ0) is 21.5. The molecular weight excluding hydrogens is 392 g/mol. The number of nitrogens with zero attached hydrogens (tertiary/aromatic N) is 1. The van der Waals surface area contributed by atoms with Crippen LogP contribution in [0.2, 0.25) is 0 Å². The molecule has 2 amide bonds. The molecule has 2 aliphatic heterocycles. The van der Waals surface area contributed by atoms with Crippen molar-refractivity contribution in [2.75, 3.05) is 19.8 Å². The summed E-state index contributed by atoms with van der Waals surface area (Å²) >= 11 is 0. The third kappa shape index (κ3) is 3.44. The fourth-order valence-corrected chi connectivity index (χ4v) is 4.87. The molecule has 2 aromatic rings. The molecule has 2 aromatic carbocycles. The normalized spacial score (nSPS) is 21.6. The van der Waals surface area contributed by atoms with Crippen LogP contribution in [0.15, 0.2) is 36.4 Å². The molecular formula is C25H28N2O4. The molecule has 0 spiro atoms. The van der Waals surface area contributed by atoms with Gasteiger partial charge in [0.15, 0.2) is 11.5 Å². The molecule has 2 atom stereocenters. The molecule has 3 aliphatic rings. The lowest BCUT2D eigenvalue weighted by molar-refractivity contribution is -0.124. The Bertz CT molecular complexity index is 1030. The van der Waals surface area contributed by atoms with E-state index in [1.54, 1.807) is 0 Å². The maximum absolute atomic E-state index is 13.5. The molecule has 0 unspecified atom stereocenters. The predicted octanol–water partition coefficient (Wildman–Crippen LogP) is 3.60. The molecule has 1 saturated carbocycles. The number of ether oxygens (including phenoxy) is 2. The molecule has 1 fully saturated rings. The summed E-state index contributed by atoms with van der Waals surface area (Å²) in [5, 5.41) is 3.18. The number of amides is 2. The molecule has 1 aliphatic carbocycles. The quantitative estimate of drug-likeness (QED) is 0.775. The van der Waals surface area contributed by atoms with Crippen molar-refractivity contribution >= 4 is 11.8 Å². The second kappa shape index (κ2) is 7.91. The topological polar surface area (TPSA) is 67.9 Å². The number of carbonyl (C=O) groups is 2. The van der Waals surface area contributed by atoms with E-state index in [-0.39, 0.29) is 23.9 Å². The number of nitrogens with one attached hydrogen (secondary N) is 1. The highest BCUT2D eigenvalue weighted by atomic mass is 16.5. The zero-order valence-electron chi connectivity index (χ0n) is 18.0. The minimum absolute atomic E-state index is 0.00264. The maximum atomic E-state index is 13.5. The van der Waals surface area contributed by atoms with Crippen LogP contribution in [0.1, 0.15) is 65.7 Å². The minimum atomic E-state index is -0.444. The van der Waals surface area contributed by atoms with Crippen LogP contribution < -0.4 is 14.8 Å². The van der Waals surface area contributed by atoms with Crippen molar-refractivity contribution in [3.05, 3.63) is 58.7 Å². The van der Waals surface area contributed by atoms with Crippen LogP contribution in [0.25, 0.3) is 0 Å². The number of benzene rings is 2. The molecule has 6 nitrogen and oxygen atoms in total. The maximum Gasteiger partial charge on any atom is 0.254 e. The van der Waals surface area contributed by atoms with Crippen molar-refractivity contribution in [3.8, 4) is 11.5 Å². The molecule has 0 radical (unpaired) electrons. The molecule has 6 heteroatoms. The summed E-state index contributed by atoms with van der Waals surface area (Å²) < 4.78 is 11.7. The third-order valence-corrected chi connectivity index (χ3v) is 6.39. The van der Waals surface area contributed by atoms with Crippen LogP contribution in [0, 0.1) is 0 Å². The van der Waals surface area contributed by atoms with E-state index in [0.29, 0.717) is 31.1 Å². The van der Waals surface area contributed by atoms with Crippen molar-refractivity contribution in [1.82, 2.24) is 10.2 Å². The summed E-state index contributed by atoms with van der Waals surface area (Å²) in [7, 11) is 0. The Morgan fingerprint density at radius 2 is 1.77 bits per heavy atom. The number of carbonyl (C=O) groups excluding carboxylic acids is 2. The number of hydrogen-bond donors (Lipinski definition) is 1. The average molecular weight is 421 g/mol. The molecule has 31 heavy (non-hydrogen) atoms. The number of hydrogen-bond acceptors (Lipinski definition) is 4. The van der Waals surface area contributed by atoms with Crippen molar-refractivity contribution < 1.29 is 19.1 Å². The lowest BCUT2D eigenvalue weighted by Gasteiger charge is -2.45. The van der Waals surface area contributed by atoms with Gasteiger partial charge in [-0.3, -0.25) is 9.59 Å². The van der Waals surface area contributed by atoms with E-state index in [4.69, 9.17) is 9.47 Å². The van der Waals surface area contributed by atoms with Gasteiger partial charge in [0.05, 0.1) is 25.2 Å². The van der Waals surface area contributed by atoms with Crippen LogP contribution in [-0.2, 0) is 11.2 Å². The Morgan fingerprint density at radius 3 is 2.48 bits per heavy atom. The Hall–Kier alpha value is -3.02. The molecule has 0 saturated heterocycles. The highest BCUT2D eigenvalue weighted by Crippen LogP contribution is 2.48. The van der Waals surface area contributed by atoms with E-state index < -0.39 is 5.92 Å². The lowest BCUT2D eigenvalue weighted by atomic mass is 9.75. The van der Waals surface area contributed by atoms with E-state index in [9.17, 15) is 9.59 Å². The van der Waals surface area contributed by atoms with E-state index in [0.717, 1.165) is 41.7 Å². The summed E-state index contributed by atoms with van der Waals surface area (Å²) in [4.78, 5) is 28.7. The van der Waals surface area contributed by atoms with E-state index in [1.807, 2.05) is 55.1 Å². The monoisotopic (exact) mass is 420 g/mol. The number of rotatable bonds is 6. The SMILES string of the molecule is CCOc1cc2c(cc1OCC)[C@@H]1[C@H](C(=O)NC3CC3)c3ccccc3C(=O)N1CC2. The highest BCUT2D eigenvalue weighted by Gasteiger charge is 2.47. The molecule has 0 aromatic heterocycles. The van der Waals surface area contributed by atoms with Gasteiger partial charge in [0, 0.05) is 18.2 Å². The van der Waals surface area contributed by atoms with Gasteiger partial charge in [0.2, 0.25) is 5.91 Å². The molecule has 5 rings (SSSR count). The molecule has 0 bridgehead atoms. The summed E-state index contributed by atoms with van der Waals surface area (Å²) in [5.41, 5.74) is 3.54. The van der Waals surface area contributed by atoms with Gasteiger partial charge < -0.3 is 19.7 Å². The summed E-state index contributed by atoms with van der Waals surface area (Å²) in [6.07, 6.45) is 2.77. The van der Waals surface area contributed by atoms with Crippen LogP contribution >= 0.6 is 0 Å². The van der Waals surface area contributed by atoms with Gasteiger partial charge in [-0.25, -0.2) is 0 Å². The van der Waals surface area contributed by atoms with Gasteiger partial charge in [-0.1, -0.05) is 18.2 Å². The molecule has 162 valence electrons. The first-order valence-electron chi connectivity index (χ1n) is 11.2. The van der Waals surface area contributed by atoms with Gasteiger partial charge in [-0.15, -0.1) is 0 Å². The smallest absolute Gasteiger partial charge is 0.254 e. The van der Waals surface area contributed by atoms with Gasteiger partial charge in [-0.2, -0.15) is 0 Å². The predicted molar refractivity (Wildman–Crippen MR) is 117 cm³/mol. The first-order chi connectivity index (χ1) is 15.1. The largest absolute Gasteiger partial charge is 0.490 e. The van der Waals surface area contributed by atoms with Crippen LogP contribution in [0.4, 0.5) is 0 Å². The van der Waals surface area contributed by atoms with E-state index in [1.165, 1.54) is 0 Å². The summed E-state index contributed by atoms with van der Waals surface area (Å²) in [5.74, 6) is 0.933. The zero-order valence-corrected chi connectivity index (χ0v) is 18.0. The van der Waals surface area contributed by atoms with Crippen molar-refractivity contribution in [3.63, 3.8) is 0 Å². The van der Waals surface area contributed by atoms with Gasteiger partial charge >= 0.3 is 0 Å². The lowest BCUT2D eigenvalue weighted by Crippen LogP contribution is -2.50. The Labute approximate surface area is 182 Å². The van der Waals surface area contributed by atoms with Crippen molar-refractivity contribution in [2.45, 2.75) is 51.1 Å².